The van der Waals surface area contributed by atoms with Gasteiger partial charge < -0.3 is 93.1 Å². The second-order valence-corrected chi connectivity index (χ2v) is 35.5. The Morgan fingerprint density at radius 1 is 0.474 bits per heavy atom. The smallest absolute Gasteiger partial charge is 0.246 e. The van der Waals surface area contributed by atoms with Gasteiger partial charge in [-0.15, -0.1) is 11.8 Å². The van der Waals surface area contributed by atoms with E-state index in [4.69, 9.17) is 5.73 Å². The van der Waals surface area contributed by atoms with Crippen molar-refractivity contribution in [2.24, 2.45) is 17.6 Å². The number of primary amides is 1. The molecular weight excluding hydrogens is 1720 g/mol. The number of rotatable bonds is 24. The van der Waals surface area contributed by atoms with Crippen molar-refractivity contribution in [1.82, 2.24) is 77.3 Å². The molecule has 0 radical (unpaired) electrons. The molecule has 14 amide bonds. The molecule has 0 unspecified atom stereocenters. The summed E-state index contributed by atoms with van der Waals surface area (Å²) < 4.78 is 0. The van der Waals surface area contributed by atoms with Crippen molar-refractivity contribution in [3.05, 3.63) is 233 Å². The van der Waals surface area contributed by atoms with Crippen LogP contribution < -0.4 is 53.6 Å². The molecule has 0 spiro atoms. The Morgan fingerprint density at radius 2 is 0.902 bits per heavy atom. The van der Waals surface area contributed by atoms with Crippen LogP contribution in [-0.4, -0.2) is 266 Å². The zero-order valence-corrected chi connectivity index (χ0v) is 77.3. The first-order valence-corrected chi connectivity index (χ1v) is 45.4. The predicted octanol–water partition coefficient (Wildman–Crippen LogP) is 3.80. The summed E-state index contributed by atoms with van der Waals surface area (Å²) in [5.41, 5.74) is 7.45. The number of likely N-dealkylation sites (N-methyl/N-ethyl adjacent to an activating group) is 5. The van der Waals surface area contributed by atoms with Crippen molar-refractivity contribution >= 4 is 112 Å². The number of phenolic OH excluding ortho intramolecular Hbond substituents is 3. The summed E-state index contributed by atoms with van der Waals surface area (Å²) in [5.74, 6) is -14.4. The number of carbonyl (C=O) groups excluding carboxylic acids is 15. The summed E-state index contributed by atoms with van der Waals surface area (Å²) in [6, 6.07) is 35.5. The highest BCUT2D eigenvalue weighted by molar-refractivity contribution is 8.00. The van der Waals surface area contributed by atoms with E-state index in [0.29, 0.717) is 69.0 Å². The van der Waals surface area contributed by atoms with E-state index in [2.05, 4.69) is 52.8 Å². The van der Waals surface area contributed by atoms with Gasteiger partial charge in [-0.1, -0.05) is 193 Å². The van der Waals surface area contributed by atoms with Gasteiger partial charge in [0.25, 0.3) is 0 Å². The van der Waals surface area contributed by atoms with Gasteiger partial charge in [-0.05, 0) is 106 Å². The molecule has 15 N–H and O–H groups in total. The van der Waals surface area contributed by atoms with E-state index in [9.17, 15) is 44.1 Å². The second kappa shape index (κ2) is 49.3. The lowest BCUT2D eigenvalue weighted by Gasteiger charge is -2.37. The summed E-state index contributed by atoms with van der Waals surface area (Å²) in [5, 5.41) is 57.0. The number of thioether (sulfide) groups is 1. The van der Waals surface area contributed by atoms with E-state index < -0.39 is 186 Å². The van der Waals surface area contributed by atoms with E-state index in [1.807, 2.05) is 6.92 Å². The zero-order valence-electron chi connectivity index (χ0n) is 76.5. The lowest BCUT2D eigenvalue weighted by molar-refractivity contribution is -0.151. The van der Waals surface area contributed by atoms with Gasteiger partial charge in [0.2, 0.25) is 82.7 Å². The van der Waals surface area contributed by atoms with Crippen LogP contribution in [0.4, 0.5) is 0 Å². The molecule has 1 saturated heterocycles. The average Bonchev–Trinajstić information content (AvgIpc) is 1.69. The minimum Gasteiger partial charge on any atom is -0.508 e. The maximum absolute atomic E-state index is 15.7. The first kappa shape index (κ1) is 103. The maximum atomic E-state index is 15.7. The number of nitrogens with one attached hydrogen (secondary N) is 10. The Hall–Kier alpha value is -14.0. The maximum Gasteiger partial charge on any atom is 0.246 e. The molecule has 1 aliphatic heterocycles. The van der Waals surface area contributed by atoms with Crippen LogP contribution in [0.3, 0.4) is 0 Å². The Morgan fingerprint density at radius 3 is 1.41 bits per heavy atom. The van der Waals surface area contributed by atoms with Gasteiger partial charge in [0.05, 0.1) is 31.4 Å². The molecule has 9 rings (SSSR count). The summed E-state index contributed by atoms with van der Waals surface area (Å²) >= 11 is 0.846. The van der Waals surface area contributed by atoms with Crippen molar-refractivity contribution in [1.29, 1.82) is 0 Å². The third-order valence-corrected chi connectivity index (χ3v) is 24.1. The van der Waals surface area contributed by atoms with E-state index in [-0.39, 0.29) is 80.8 Å². The number of aromatic hydroxyl groups is 3. The first-order valence-electron chi connectivity index (χ1n) is 44.2. The third-order valence-electron chi connectivity index (χ3n) is 23.1. The molecule has 11 atom stereocenters. The number of hydrogen-bond acceptors (Lipinski definition) is 20. The molecule has 0 bridgehead atoms. The molecule has 2 heterocycles. The molecule has 1 aliphatic rings. The first-order chi connectivity index (χ1) is 63.4. The minimum atomic E-state index is -2.23. The van der Waals surface area contributed by atoms with Crippen LogP contribution in [0, 0.1) is 11.8 Å². The van der Waals surface area contributed by atoms with Crippen LogP contribution in [0.15, 0.2) is 194 Å². The van der Waals surface area contributed by atoms with Gasteiger partial charge in [0.1, 0.15) is 77.3 Å². The molecule has 7 aromatic carbocycles. The van der Waals surface area contributed by atoms with Crippen LogP contribution in [-0.2, 0) is 117 Å². The normalized spacial score (nSPS) is 22.1. The molecule has 708 valence electrons. The second-order valence-electron chi connectivity index (χ2n) is 34.5. The summed E-state index contributed by atoms with van der Waals surface area (Å²) in [4.78, 5) is 234. The van der Waals surface area contributed by atoms with Crippen molar-refractivity contribution < 1.29 is 87.2 Å². The van der Waals surface area contributed by atoms with Crippen molar-refractivity contribution in [3.63, 3.8) is 0 Å². The van der Waals surface area contributed by atoms with Crippen LogP contribution in [0.25, 0.3) is 10.9 Å². The molecule has 1 fully saturated rings. The summed E-state index contributed by atoms with van der Waals surface area (Å²) in [6.45, 7) is 6.42. The molecule has 0 saturated carbocycles. The number of aldehydes is 1. The SMILES string of the molecule is CCCC[C@H]1C(=O)N(C)CC(=O)N[C@@H](Cc2ccc(O)cc2)C(=O)N[C@@H](C(C)C)C(=O)N(C)[C@@H](Cc2ccccc2)C(=O)N[C@@H](Cc2ccc(O)cc2)C(=O)N(C)CC(=O)N[C@@H](Cc2c[nH]c3ccccc23)C(=O)N[C@@H](Cc2ccc(O)cc2)C(=O)N[C@](C=O)(CC(C)C)N[C@H](C(=O)NCC(N)=O)CSCC(=O)N[C@@H](Cc2ccccc2)C(=O)N(C)[C@@H](Cc2ccccc2)C(=O)N1C. The number of carbonyl (C=O) groups is 15. The minimum absolute atomic E-state index is 0.0701. The van der Waals surface area contributed by atoms with Gasteiger partial charge in [-0.3, -0.25) is 77.2 Å². The van der Waals surface area contributed by atoms with Crippen molar-refractivity contribution in [2.75, 3.05) is 66.4 Å². The van der Waals surface area contributed by atoms with Gasteiger partial charge in [0.15, 0.2) is 6.29 Å². The number of nitrogens with zero attached hydrogens (tertiary/aromatic N) is 5. The number of benzene rings is 7. The van der Waals surface area contributed by atoms with Crippen LogP contribution in [0.1, 0.15) is 99.2 Å². The molecule has 8 aromatic rings. The van der Waals surface area contributed by atoms with Gasteiger partial charge >= 0.3 is 0 Å². The highest BCUT2D eigenvalue weighted by Gasteiger charge is 2.44. The fraction of sp³-hybridized carbons (Fsp3) is 0.398. The molecular formula is C98H122N16O18S. The number of amides is 14. The fourth-order valence-electron chi connectivity index (χ4n) is 15.9. The van der Waals surface area contributed by atoms with Crippen molar-refractivity contribution in [3.8, 4) is 17.2 Å². The monoisotopic (exact) mass is 1840 g/mol. The predicted molar refractivity (Wildman–Crippen MR) is 502 cm³/mol. The number of fused-ring (bicyclic) bond motifs is 1. The Bertz CT molecular complexity index is 5350. The number of nitrogens with two attached hydrogens (primary N) is 1. The van der Waals surface area contributed by atoms with E-state index in [0.717, 1.165) is 26.5 Å². The summed E-state index contributed by atoms with van der Waals surface area (Å²) in [7, 11) is 6.78. The summed E-state index contributed by atoms with van der Waals surface area (Å²) in [6.07, 6.45) is 1.22. The van der Waals surface area contributed by atoms with Gasteiger partial charge in [-0.25, -0.2) is 0 Å². The standard InChI is InChI=1S/C98H122N16O18S/c1-11-12-32-80-95(130)111(7)56-85(121)102-74(45-65-33-39-69(116)40-34-65)90(125)107-87(61(4)5)97(132)113(9)81(49-63-26-18-14-19-27-63)92(127)106-77(48-67-37-43-71(118)44-38-67)93(128)110(6)55-84(120)103-76(51-68-53-100-73-31-23-22-30-72(68)73)89(124)105-75(46-66-35-41-70(117)42-36-66)91(126)109-98(59-115,52-60(2)3)108-79(88(123)101-54-83(99)119)57-133-58-86(122)104-78(47-62-24-16-13-17-25-62)94(129)114(10)82(96(131)112(80)8)50-64-28-20-15-21-29-64/h13-31,33-44,53,59-61,74-82,87,100,108,116-118H,11-12,32,45-52,54-58H2,1-10H3,(H2,99,119)(H,101,123)(H,102,121)(H,103,120)(H,104,122)(H,105,124)(H,106,127)(H,107,125)(H,109,126)/t74-,75-,76-,77-,78-,79-,80-,81-,82-,87-,98-/m0/s1. The lowest BCUT2D eigenvalue weighted by Crippen LogP contribution is -2.68. The molecule has 34 nitrogen and oxygen atoms in total. The van der Waals surface area contributed by atoms with Gasteiger partial charge in [0, 0.05) is 103 Å². The van der Waals surface area contributed by atoms with E-state index in [1.165, 1.54) is 118 Å². The largest absolute Gasteiger partial charge is 0.508 e. The van der Waals surface area contributed by atoms with E-state index >= 15 is 43.2 Å². The molecule has 133 heavy (non-hydrogen) atoms. The highest BCUT2D eigenvalue weighted by Crippen LogP contribution is 2.26. The number of para-hydroxylation sites is 1. The molecule has 1 aromatic heterocycles. The average molecular weight is 1840 g/mol. The van der Waals surface area contributed by atoms with Crippen LogP contribution in [0.2, 0.25) is 0 Å². The zero-order chi connectivity index (χ0) is 96.8. The number of phenols is 3. The Labute approximate surface area is 777 Å². The lowest BCUT2D eigenvalue weighted by atomic mass is 9.95. The number of aromatic nitrogens is 1. The number of H-pyrrole nitrogens is 1. The van der Waals surface area contributed by atoms with Crippen LogP contribution in [0.5, 0.6) is 17.2 Å². The van der Waals surface area contributed by atoms with Crippen molar-refractivity contribution in [2.45, 2.75) is 171 Å². The number of hydrogen-bond donors (Lipinski definition) is 14. The third kappa shape index (κ3) is 30.3. The Balaban J connectivity index is 1.14. The van der Waals surface area contributed by atoms with E-state index in [1.54, 1.807) is 149 Å². The quantitative estimate of drug-likeness (QED) is 0.0383. The highest BCUT2D eigenvalue weighted by atomic mass is 32.2. The van der Waals surface area contributed by atoms with Gasteiger partial charge in [-0.2, -0.15) is 0 Å². The molecule has 35 heteroatoms. The van der Waals surface area contributed by atoms with Crippen LogP contribution >= 0.6 is 11.8 Å². The Kier molecular flexibility index (Phi) is 38.1. The molecule has 0 aliphatic carbocycles. The fourth-order valence-corrected chi connectivity index (χ4v) is 16.8. The number of unbranched alkanes of at least 4 members (excludes halogenated alkanes) is 1. The topological polar surface area (TPSA) is 483 Å². The number of aromatic amines is 1.